The molecule has 0 aromatic heterocycles. The van der Waals surface area contributed by atoms with E-state index in [4.69, 9.17) is 5.11 Å². The predicted molar refractivity (Wildman–Crippen MR) is 81.0 cm³/mol. The van der Waals surface area contributed by atoms with Gasteiger partial charge in [0.25, 0.3) is 0 Å². The number of aliphatic carboxylic acids is 1. The van der Waals surface area contributed by atoms with E-state index in [2.05, 4.69) is 17.1 Å². The number of piperidine rings is 1. The highest BCUT2D eigenvalue weighted by Crippen LogP contribution is 2.44. The summed E-state index contributed by atoms with van der Waals surface area (Å²) in [5.41, 5.74) is -0.292. The van der Waals surface area contributed by atoms with Crippen molar-refractivity contribution in [3.63, 3.8) is 0 Å². The van der Waals surface area contributed by atoms with E-state index in [1.807, 2.05) is 0 Å². The second-order valence-electron chi connectivity index (χ2n) is 6.73. The molecule has 2 N–H and O–H groups in total. The number of nitrogens with one attached hydrogen (secondary N) is 1. The zero-order valence-corrected chi connectivity index (χ0v) is 13.1. The molecule has 120 valence electrons. The molecule has 2 rings (SSSR count). The van der Waals surface area contributed by atoms with Gasteiger partial charge in [-0.2, -0.15) is 0 Å². The first-order valence-electron chi connectivity index (χ1n) is 8.26. The Balaban J connectivity index is 1.81. The molecule has 2 fully saturated rings. The summed E-state index contributed by atoms with van der Waals surface area (Å²) < 4.78 is 0. The molecule has 1 saturated heterocycles. The molecule has 0 radical (unpaired) electrons. The Morgan fingerprint density at radius 2 is 1.81 bits per heavy atom. The lowest BCUT2D eigenvalue weighted by Gasteiger charge is -2.33. The third-order valence-corrected chi connectivity index (χ3v) is 5.13. The van der Waals surface area contributed by atoms with Crippen molar-refractivity contribution in [1.82, 2.24) is 10.2 Å². The van der Waals surface area contributed by atoms with E-state index >= 15 is 0 Å². The number of nitrogens with zero attached hydrogens (tertiary/aromatic N) is 1. The Morgan fingerprint density at radius 1 is 1.19 bits per heavy atom. The van der Waals surface area contributed by atoms with Crippen LogP contribution in [0.5, 0.6) is 0 Å². The van der Waals surface area contributed by atoms with Crippen molar-refractivity contribution in [2.75, 3.05) is 19.6 Å². The number of rotatable bonds is 6. The number of carboxylic acids is 1. The number of amides is 1. The molecule has 1 aliphatic carbocycles. The van der Waals surface area contributed by atoms with Crippen molar-refractivity contribution < 1.29 is 14.7 Å². The van der Waals surface area contributed by atoms with Crippen LogP contribution in [-0.4, -0.2) is 47.6 Å². The van der Waals surface area contributed by atoms with Crippen molar-refractivity contribution in [3.05, 3.63) is 0 Å². The number of hydrogen-bond donors (Lipinski definition) is 2. The smallest absolute Gasteiger partial charge is 0.303 e. The predicted octanol–water partition coefficient (Wildman–Crippen LogP) is 2.01. The molecule has 0 atom stereocenters. The van der Waals surface area contributed by atoms with Gasteiger partial charge in [0.2, 0.25) is 5.91 Å². The summed E-state index contributed by atoms with van der Waals surface area (Å²) in [6.07, 6.45) is 6.38. The molecular formula is C16H28N2O3. The van der Waals surface area contributed by atoms with Crippen LogP contribution in [0.3, 0.4) is 0 Å². The first kappa shape index (κ1) is 16.3. The average molecular weight is 296 g/mol. The highest BCUT2D eigenvalue weighted by molar-refractivity contribution is 5.78. The Kier molecular flexibility index (Phi) is 5.62. The minimum atomic E-state index is -0.777. The fraction of sp³-hybridized carbons (Fsp3) is 0.875. The molecule has 0 spiro atoms. The van der Waals surface area contributed by atoms with Gasteiger partial charge >= 0.3 is 5.97 Å². The molecule has 2 aliphatic rings. The van der Waals surface area contributed by atoms with Crippen molar-refractivity contribution in [3.8, 4) is 0 Å². The van der Waals surface area contributed by atoms with Crippen LogP contribution in [0.25, 0.3) is 0 Å². The maximum absolute atomic E-state index is 12.3. The summed E-state index contributed by atoms with van der Waals surface area (Å²) in [5.74, 6) is -0.728. The molecule has 1 heterocycles. The third-order valence-electron chi connectivity index (χ3n) is 5.13. The topological polar surface area (TPSA) is 69.6 Å². The van der Waals surface area contributed by atoms with Gasteiger partial charge in [-0.3, -0.25) is 9.59 Å². The van der Waals surface area contributed by atoms with E-state index in [1.54, 1.807) is 0 Å². The number of carbonyl (C=O) groups is 2. The van der Waals surface area contributed by atoms with E-state index < -0.39 is 5.97 Å². The van der Waals surface area contributed by atoms with Gasteiger partial charge in [-0.1, -0.05) is 19.8 Å². The van der Waals surface area contributed by atoms with Gasteiger partial charge < -0.3 is 15.3 Å². The second kappa shape index (κ2) is 7.25. The molecular weight excluding hydrogens is 268 g/mol. The SMILES string of the molecule is CCN1CCC(NC(=O)CC2(CC(=O)O)CCCC2)CC1. The summed E-state index contributed by atoms with van der Waals surface area (Å²) in [7, 11) is 0. The lowest BCUT2D eigenvalue weighted by Crippen LogP contribution is -2.45. The lowest BCUT2D eigenvalue weighted by molar-refractivity contribution is -0.140. The quantitative estimate of drug-likeness (QED) is 0.786. The van der Waals surface area contributed by atoms with Gasteiger partial charge in [-0.15, -0.1) is 0 Å². The molecule has 1 aliphatic heterocycles. The number of hydrogen-bond acceptors (Lipinski definition) is 3. The second-order valence-corrected chi connectivity index (χ2v) is 6.73. The fourth-order valence-corrected chi connectivity index (χ4v) is 3.87. The summed E-state index contributed by atoms with van der Waals surface area (Å²) >= 11 is 0. The van der Waals surface area contributed by atoms with Crippen molar-refractivity contribution in [2.45, 2.75) is 64.3 Å². The number of carbonyl (C=O) groups excluding carboxylic acids is 1. The Hall–Kier alpha value is -1.10. The molecule has 1 amide bonds. The van der Waals surface area contributed by atoms with Crippen molar-refractivity contribution in [1.29, 1.82) is 0 Å². The van der Waals surface area contributed by atoms with Crippen LogP contribution in [0.15, 0.2) is 0 Å². The molecule has 0 aromatic rings. The zero-order chi connectivity index (χ0) is 15.3. The largest absolute Gasteiger partial charge is 0.481 e. The van der Waals surface area contributed by atoms with Gasteiger partial charge in [0.15, 0.2) is 0 Å². The van der Waals surface area contributed by atoms with Crippen LogP contribution in [0.4, 0.5) is 0 Å². The lowest BCUT2D eigenvalue weighted by atomic mass is 9.79. The standard InChI is InChI=1S/C16H28N2O3/c1-2-18-9-5-13(6-10-18)17-14(19)11-16(12-15(20)21)7-3-4-8-16/h13H,2-12H2,1H3,(H,17,19)(H,20,21). The highest BCUT2D eigenvalue weighted by atomic mass is 16.4. The summed E-state index contributed by atoms with van der Waals surface area (Å²) in [5, 5.41) is 12.2. The summed E-state index contributed by atoms with van der Waals surface area (Å²) in [6.45, 7) is 5.32. The van der Waals surface area contributed by atoms with Gasteiger partial charge in [0, 0.05) is 25.6 Å². The Bertz CT molecular complexity index is 370. The minimum absolute atomic E-state index is 0.0492. The maximum Gasteiger partial charge on any atom is 0.303 e. The van der Waals surface area contributed by atoms with E-state index in [-0.39, 0.29) is 23.8 Å². The molecule has 0 unspecified atom stereocenters. The van der Waals surface area contributed by atoms with E-state index in [0.717, 1.165) is 58.2 Å². The van der Waals surface area contributed by atoms with Crippen LogP contribution >= 0.6 is 0 Å². The Labute approximate surface area is 127 Å². The molecule has 5 nitrogen and oxygen atoms in total. The molecule has 0 bridgehead atoms. The van der Waals surface area contributed by atoms with Crippen molar-refractivity contribution >= 4 is 11.9 Å². The van der Waals surface area contributed by atoms with Gasteiger partial charge in [-0.25, -0.2) is 0 Å². The number of likely N-dealkylation sites (tertiary alicyclic amines) is 1. The molecule has 5 heteroatoms. The van der Waals surface area contributed by atoms with Crippen LogP contribution in [-0.2, 0) is 9.59 Å². The first-order chi connectivity index (χ1) is 10.0. The fourth-order valence-electron chi connectivity index (χ4n) is 3.87. The van der Waals surface area contributed by atoms with Gasteiger partial charge in [0.1, 0.15) is 0 Å². The van der Waals surface area contributed by atoms with E-state index in [1.165, 1.54) is 0 Å². The van der Waals surface area contributed by atoms with Crippen LogP contribution in [0.2, 0.25) is 0 Å². The third kappa shape index (κ3) is 4.70. The normalized spacial score (nSPS) is 23.1. The van der Waals surface area contributed by atoms with Gasteiger partial charge in [-0.05, 0) is 37.6 Å². The van der Waals surface area contributed by atoms with Crippen LogP contribution in [0, 0.1) is 5.41 Å². The number of carboxylic acid groups (broad SMARTS) is 1. The first-order valence-corrected chi connectivity index (χ1v) is 8.26. The highest BCUT2D eigenvalue weighted by Gasteiger charge is 2.38. The van der Waals surface area contributed by atoms with Gasteiger partial charge in [0.05, 0.1) is 6.42 Å². The molecule has 1 saturated carbocycles. The summed E-state index contributed by atoms with van der Waals surface area (Å²) in [6, 6.07) is 0.267. The van der Waals surface area contributed by atoms with Crippen LogP contribution < -0.4 is 5.32 Å². The van der Waals surface area contributed by atoms with E-state index in [9.17, 15) is 9.59 Å². The minimum Gasteiger partial charge on any atom is -0.481 e. The molecule has 0 aromatic carbocycles. The van der Waals surface area contributed by atoms with E-state index in [0.29, 0.717) is 6.42 Å². The average Bonchev–Trinajstić information content (AvgIpc) is 2.86. The maximum atomic E-state index is 12.3. The Morgan fingerprint density at radius 3 is 2.33 bits per heavy atom. The monoisotopic (exact) mass is 296 g/mol. The zero-order valence-electron chi connectivity index (χ0n) is 13.1. The van der Waals surface area contributed by atoms with Crippen LogP contribution in [0.1, 0.15) is 58.3 Å². The van der Waals surface area contributed by atoms with Crippen molar-refractivity contribution in [2.24, 2.45) is 5.41 Å². The molecule has 21 heavy (non-hydrogen) atoms. The summed E-state index contributed by atoms with van der Waals surface area (Å²) in [4.78, 5) is 25.7.